The topological polar surface area (TPSA) is 155 Å². The van der Waals surface area contributed by atoms with Gasteiger partial charge < -0.3 is 13.3 Å². The molecule has 12 heteroatoms. The number of fused-ring (bicyclic) bond motifs is 23. The lowest BCUT2D eigenvalue weighted by Crippen LogP contribution is -2.01. The fraction of sp³-hybridized carbons (Fsp3) is 0. The van der Waals surface area contributed by atoms with Crippen LogP contribution in [-0.4, -0.2) is 44.9 Å². The zero-order valence-corrected chi connectivity index (χ0v) is 76.9. The van der Waals surface area contributed by atoms with E-state index in [1.165, 1.54) is 81.1 Å². The Labute approximate surface area is 819 Å². The Morgan fingerprint density at radius 3 is 0.762 bits per heavy atom. The maximum absolute atomic E-state index is 6.44. The van der Waals surface area contributed by atoms with Crippen molar-refractivity contribution < 1.29 is 13.3 Å². The van der Waals surface area contributed by atoms with Crippen LogP contribution in [0.1, 0.15) is 0 Å². The number of hydrogen-bond donors (Lipinski definition) is 0. The predicted molar refractivity (Wildman–Crippen MR) is 587 cm³/mol. The molecule has 0 aliphatic heterocycles. The number of furan rings is 3. The third-order valence-corrected chi connectivity index (χ3v) is 27.5. The van der Waals surface area contributed by atoms with E-state index < -0.39 is 0 Å². The highest BCUT2D eigenvalue weighted by molar-refractivity contribution is 6.30. The number of nitrogens with zero attached hydrogens (tertiary/aromatic N) is 9. The van der Waals surface area contributed by atoms with E-state index in [1.807, 2.05) is 176 Å². The number of benzene rings is 23. The molecule has 0 atom stereocenters. The molecule has 0 aliphatic carbocycles. The average molecular weight is 1830 g/mol. The second-order valence-corrected chi connectivity index (χ2v) is 36.1. The average Bonchev–Trinajstić information content (AvgIpc) is 1.61. The standard InChI is InChI=1S/2C45H27N3O.C41H25N3O/c1-3-12-30(13-4-1)43-46-44(31-14-5-2-6-15-31)48-45(47-43)37-20-10-18-35-33(17-9-19-36(35)37)32-24-25-39-38(27-32)42-40(49-39)26-23-29-22-21-28-11-7-8-16-34(28)41(29)42;1-3-9-28(10-4-1)32-17-18-34-26-35(20-19-33(34)25-32)44-46-43(31-12-5-2-6-13-31)47-45(48-44)36-22-23-39-38(27-36)42-40(49-39)24-21-30-16-15-29-11-7-8-14-37(29)41(30)42;1-3-12-28(13-4-1)39-42-40(29-14-5-2-6-15-29)44-41(43-39)33-18-10-9-16-31(33)30-22-23-35-34(25-30)38-36(45-35)24-21-27-20-19-26-11-7-8-17-32(26)37(27)38/h2*1-27H;1-25H. The van der Waals surface area contributed by atoms with Gasteiger partial charge in [-0.3, -0.25) is 0 Å². The first-order chi connectivity index (χ1) is 70.8. The first kappa shape index (κ1) is 83.0. The number of hydrogen-bond acceptors (Lipinski definition) is 12. The molecule has 0 saturated carbocycles. The van der Waals surface area contributed by atoms with Gasteiger partial charge in [-0.05, 0) is 176 Å². The van der Waals surface area contributed by atoms with Crippen molar-refractivity contribution in [3.05, 3.63) is 479 Å². The zero-order chi connectivity index (χ0) is 94.4. The second-order valence-electron chi connectivity index (χ2n) is 36.1. The van der Waals surface area contributed by atoms with Gasteiger partial charge in [0.15, 0.2) is 52.4 Å². The van der Waals surface area contributed by atoms with Crippen LogP contribution < -0.4 is 0 Å². The highest BCUT2D eigenvalue weighted by atomic mass is 16.3. The van der Waals surface area contributed by atoms with Crippen molar-refractivity contribution in [3.63, 3.8) is 0 Å². The monoisotopic (exact) mass is 1830 g/mol. The molecule has 29 rings (SSSR count). The predicted octanol–water partition coefficient (Wildman–Crippen LogP) is 34.5. The summed E-state index contributed by atoms with van der Waals surface area (Å²) in [6.45, 7) is 0. The van der Waals surface area contributed by atoms with Gasteiger partial charge in [-0.15, -0.1) is 0 Å². The van der Waals surface area contributed by atoms with E-state index in [-0.39, 0.29) is 0 Å². The van der Waals surface area contributed by atoms with Crippen molar-refractivity contribution in [2.45, 2.75) is 0 Å². The summed E-state index contributed by atoms with van der Waals surface area (Å²) in [6, 6.07) is 166. The number of rotatable bonds is 12. The molecule has 0 N–H and O–H groups in total. The molecule has 666 valence electrons. The molecule has 0 unspecified atom stereocenters. The zero-order valence-electron chi connectivity index (χ0n) is 76.9. The molecule has 0 radical (unpaired) electrons. The van der Waals surface area contributed by atoms with Crippen LogP contribution in [0.3, 0.4) is 0 Å². The van der Waals surface area contributed by atoms with Gasteiger partial charge in [0.25, 0.3) is 0 Å². The van der Waals surface area contributed by atoms with Crippen LogP contribution in [-0.2, 0) is 0 Å². The molecular formula is C131H79N9O3. The smallest absolute Gasteiger partial charge is 0.164 e. The summed E-state index contributed by atoms with van der Waals surface area (Å²) in [5.74, 6) is 5.74. The summed E-state index contributed by atoms with van der Waals surface area (Å²) < 4.78 is 19.3. The maximum Gasteiger partial charge on any atom is 0.164 e. The van der Waals surface area contributed by atoms with Crippen molar-refractivity contribution >= 4 is 152 Å². The van der Waals surface area contributed by atoms with Gasteiger partial charge in [0.1, 0.15) is 33.5 Å². The van der Waals surface area contributed by atoms with E-state index in [0.717, 1.165) is 154 Å². The number of aromatic nitrogens is 9. The summed E-state index contributed by atoms with van der Waals surface area (Å²) in [6.07, 6.45) is 0. The van der Waals surface area contributed by atoms with E-state index in [2.05, 4.69) is 303 Å². The van der Waals surface area contributed by atoms with Crippen molar-refractivity contribution in [3.8, 4) is 136 Å². The molecule has 0 bridgehead atoms. The molecule has 6 aromatic heterocycles. The molecule has 12 nitrogen and oxygen atoms in total. The van der Waals surface area contributed by atoms with Gasteiger partial charge in [-0.1, -0.05) is 406 Å². The first-order valence-corrected chi connectivity index (χ1v) is 47.9. The minimum Gasteiger partial charge on any atom is -0.456 e. The van der Waals surface area contributed by atoms with Gasteiger partial charge in [0.2, 0.25) is 0 Å². The minimum absolute atomic E-state index is 0.615. The minimum atomic E-state index is 0.615. The molecule has 6 heterocycles. The van der Waals surface area contributed by atoms with Crippen LogP contribution in [0.5, 0.6) is 0 Å². The Kier molecular flexibility index (Phi) is 20.3. The largest absolute Gasteiger partial charge is 0.456 e. The lowest BCUT2D eigenvalue weighted by Gasteiger charge is -2.12. The SMILES string of the molecule is c1ccc(-c2ccc3cc(-c4nc(-c5ccccc5)nc(-c5ccc6oc7ccc8ccc9ccccc9c8c7c6c5)n4)ccc3c2)cc1.c1ccc(-c2nc(-c3ccccc3)nc(-c3cccc4c(-c5ccc6oc7ccc8ccc9ccccc9c8c7c6c5)cccc34)n2)cc1.c1ccc(-c2nc(-c3ccccc3)nc(-c3ccccc3-c3ccc4oc5ccc6ccc7ccccc7c6c5c4c3)n2)cc1. The van der Waals surface area contributed by atoms with Crippen LogP contribution in [0.15, 0.2) is 492 Å². The maximum atomic E-state index is 6.44. The fourth-order valence-electron chi connectivity index (χ4n) is 20.7. The normalized spacial score (nSPS) is 11.6. The summed E-state index contributed by atoms with van der Waals surface area (Å²) in [7, 11) is 0. The molecule has 143 heavy (non-hydrogen) atoms. The molecule has 0 aliphatic rings. The lowest BCUT2D eigenvalue weighted by atomic mass is 9.93. The van der Waals surface area contributed by atoms with E-state index >= 15 is 0 Å². The third kappa shape index (κ3) is 15.1. The summed E-state index contributed by atoms with van der Waals surface area (Å²) in [5.41, 5.74) is 20.5. The van der Waals surface area contributed by atoms with Crippen LogP contribution in [0.25, 0.3) is 288 Å². The Bertz CT molecular complexity index is 10000. The molecule has 0 amide bonds. The Morgan fingerprint density at radius 2 is 0.357 bits per heavy atom. The van der Waals surface area contributed by atoms with Crippen molar-refractivity contribution in [1.82, 2.24) is 44.9 Å². The van der Waals surface area contributed by atoms with E-state index in [4.69, 9.17) is 58.1 Å². The molecule has 0 fully saturated rings. The Hall–Kier alpha value is -19.4. The summed E-state index contributed by atoms with van der Waals surface area (Å²) in [4.78, 5) is 45.1. The van der Waals surface area contributed by atoms with E-state index in [0.29, 0.717) is 52.4 Å². The molecule has 0 spiro atoms. The van der Waals surface area contributed by atoms with Gasteiger partial charge in [-0.2, -0.15) is 0 Å². The second kappa shape index (κ2) is 35.0. The first-order valence-electron chi connectivity index (χ1n) is 47.9. The fourth-order valence-corrected chi connectivity index (χ4v) is 20.7. The van der Waals surface area contributed by atoms with E-state index in [9.17, 15) is 0 Å². The lowest BCUT2D eigenvalue weighted by molar-refractivity contribution is 0.669. The molecule has 0 saturated heterocycles. The van der Waals surface area contributed by atoms with Crippen LogP contribution in [0.2, 0.25) is 0 Å². The van der Waals surface area contributed by atoms with Crippen molar-refractivity contribution in [1.29, 1.82) is 0 Å². The van der Waals surface area contributed by atoms with Gasteiger partial charge in [0, 0.05) is 98.5 Å². The Balaban J connectivity index is 0.000000107. The summed E-state index contributed by atoms with van der Waals surface area (Å²) in [5, 5.41) is 25.7. The van der Waals surface area contributed by atoms with Crippen LogP contribution in [0, 0.1) is 0 Å². The van der Waals surface area contributed by atoms with Crippen molar-refractivity contribution in [2.24, 2.45) is 0 Å². The molecular weight excluding hydrogens is 1750 g/mol. The van der Waals surface area contributed by atoms with Gasteiger partial charge in [-0.25, -0.2) is 44.9 Å². The quantitative estimate of drug-likeness (QED) is 0.107. The third-order valence-electron chi connectivity index (χ3n) is 27.5. The highest BCUT2D eigenvalue weighted by Crippen LogP contribution is 2.47. The Morgan fingerprint density at radius 1 is 0.112 bits per heavy atom. The highest BCUT2D eigenvalue weighted by Gasteiger charge is 2.25. The van der Waals surface area contributed by atoms with Gasteiger partial charge in [0.05, 0.1) is 0 Å². The van der Waals surface area contributed by atoms with Gasteiger partial charge >= 0.3 is 0 Å². The van der Waals surface area contributed by atoms with Crippen molar-refractivity contribution in [2.75, 3.05) is 0 Å². The van der Waals surface area contributed by atoms with Crippen LogP contribution in [0.4, 0.5) is 0 Å². The van der Waals surface area contributed by atoms with E-state index in [1.54, 1.807) is 0 Å². The summed E-state index contributed by atoms with van der Waals surface area (Å²) >= 11 is 0. The molecule has 29 aromatic rings. The van der Waals surface area contributed by atoms with Crippen LogP contribution >= 0.6 is 0 Å². The molecule has 23 aromatic carbocycles.